The minimum atomic E-state index is -3.96. The van der Waals surface area contributed by atoms with Gasteiger partial charge in [-0.05, 0) is 60.5 Å². The Bertz CT molecular complexity index is 1140. The first-order valence-electron chi connectivity index (χ1n) is 10.2. The molecule has 0 saturated heterocycles. The summed E-state index contributed by atoms with van der Waals surface area (Å²) < 4.78 is 41.2. The van der Waals surface area contributed by atoms with E-state index in [4.69, 9.17) is 11.6 Å². The number of benzene rings is 3. The van der Waals surface area contributed by atoms with Crippen LogP contribution in [-0.4, -0.2) is 27.4 Å². The van der Waals surface area contributed by atoms with Crippen molar-refractivity contribution in [2.24, 2.45) is 0 Å². The minimum Gasteiger partial charge on any atom is -0.354 e. The van der Waals surface area contributed by atoms with Crippen LogP contribution in [0.4, 0.5) is 10.1 Å². The lowest BCUT2D eigenvalue weighted by Crippen LogP contribution is -2.40. The predicted molar refractivity (Wildman–Crippen MR) is 125 cm³/mol. The van der Waals surface area contributed by atoms with E-state index in [1.54, 1.807) is 0 Å². The molecular formula is C24H24ClFN2O3S. The van der Waals surface area contributed by atoms with Crippen LogP contribution in [0, 0.1) is 5.82 Å². The maximum Gasteiger partial charge on any atom is 0.264 e. The summed E-state index contributed by atoms with van der Waals surface area (Å²) in [5.41, 5.74) is 1.20. The Morgan fingerprint density at radius 3 is 2.22 bits per heavy atom. The third kappa shape index (κ3) is 5.66. The van der Waals surface area contributed by atoms with E-state index in [1.165, 1.54) is 48.5 Å². The Morgan fingerprint density at radius 1 is 1.00 bits per heavy atom. The molecule has 3 aromatic rings. The molecule has 0 aromatic heterocycles. The molecular weight excluding hydrogens is 451 g/mol. The fourth-order valence-electron chi connectivity index (χ4n) is 3.39. The lowest BCUT2D eigenvalue weighted by atomic mass is 9.96. The molecule has 8 heteroatoms. The van der Waals surface area contributed by atoms with Gasteiger partial charge in [0.15, 0.2) is 0 Å². The molecule has 0 aliphatic heterocycles. The average molecular weight is 475 g/mol. The molecule has 0 fully saturated rings. The molecule has 168 valence electrons. The molecule has 1 unspecified atom stereocenters. The Hall–Kier alpha value is -2.90. The van der Waals surface area contributed by atoms with Gasteiger partial charge in [0, 0.05) is 11.6 Å². The van der Waals surface area contributed by atoms with Gasteiger partial charge in [-0.2, -0.15) is 0 Å². The molecule has 1 amide bonds. The van der Waals surface area contributed by atoms with Crippen molar-refractivity contribution in [3.05, 3.63) is 95.3 Å². The largest absolute Gasteiger partial charge is 0.354 e. The number of hydrogen-bond acceptors (Lipinski definition) is 3. The van der Waals surface area contributed by atoms with E-state index >= 15 is 0 Å². The van der Waals surface area contributed by atoms with Crippen molar-refractivity contribution in [3.8, 4) is 0 Å². The van der Waals surface area contributed by atoms with Gasteiger partial charge < -0.3 is 5.32 Å². The Balaban J connectivity index is 1.79. The third-order valence-corrected chi connectivity index (χ3v) is 7.15. The molecule has 0 radical (unpaired) electrons. The summed E-state index contributed by atoms with van der Waals surface area (Å²) in [5.74, 6) is -0.982. The zero-order valence-electron chi connectivity index (χ0n) is 17.5. The zero-order valence-corrected chi connectivity index (χ0v) is 19.1. The van der Waals surface area contributed by atoms with E-state index in [0.717, 1.165) is 9.87 Å². The van der Waals surface area contributed by atoms with Crippen LogP contribution in [0.5, 0.6) is 0 Å². The number of sulfonamides is 1. The van der Waals surface area contributed by atoms with Gasteiger partial charge in [-0.3, -0.25) is 9.10 Å². The molecule has 3 rings (SSSR count). The van der Waals surface area contributed by atoms with Crippen molar-refractivity contribution >= 4 is 33.2 Å². The van der Waals surface area contributed by atoms with Gasteiger partial charge in [0.2, 0.25) is 5.91 Å². The van der Waals surface area contributed by atoms with Gasteiger partial charge in [0.25, 0.3) is 10.0 Å². The van der Waals surface area contributed by atoms with Crippen LogP contribution < -0.4 is 9.62 Å². The van der Waals surface area contributed by atoms with Gasteiger partial charge in [-0.15, -0.1) is 0 Å². The van der Waals surface area contributed by atoms with E-state index < -0.39 is 15.8 Å². The standard InChI is InChI=1S/C24H24ClFN2O3S/c1-2-23(18-6-4-3-5-7-18)24(29)27-16-17-28(21-12-10-20(26)11-13-21)32(30,31)22-14-8-19(25)9-15-22/h3-15,23H,2,16-17H2,1H3,(H,27,29). The molecule has 3 aromatic carbocycles. The summed E-state index contributed by atoms with van der Waals surface area (Å²) in [6.45, 7) is 1.99. The summed E-state index contributed by atoms with van der Waals surface area (Å²) in [7, 11) is -3.96. The van der Waals surface area contributed by atoms with Gasteiger partial charge in [-0.25, -0.2) is 12.8 Å². The van der Waals surface area contributed by atoms with E-state index in [-0.39, 0.29) is 29.8 Å². The first-order valence-corrected chi connectivity index (χ1v) is 12.0. The van der Waals surface area contributed by atoms with Gasteiger partial charge in [0.1, 0.15) is 5.82 Å². The number of carbonyl (C=O) groups is 1. The molecule has 0 bridgehead atoms. The minimum absolute atomic E-state index is 0.0203. The fraction of sp³-hybridized carbons (Fsp3) is 0.208. The summed E-state index contributed by atoms with van der Waals surface area (Å²) in [5, 5.41) is 3.25. The monoisotopic (exact) mass is 474 g/mol. The second-order valence-electron chi connectivity index (χ2n) is 7.17. The Labute approximate surface area is 192 Å². The van der Waals surface area contributed by atoms with Gasteiger partial charge in [0.05, 0.1) is 23.0 Å². The smallest absolute Gasteiger partial charge is 0.264 e. The molecule has 1 N–H and O–H groups in total. The van der Waals surface area contributed by atoms with Crippen LogP contribution in [-0.2, 0) is 14.8 Å². The highest BCUT2D eigenvalue weighted by molar-refractivity contribution is 7.92. The fourth-order valence-corrected chi connectivity index (χ4v) is 4.98. The van der Waals surface area contributed by atoms with E-state index in [2.05, 4.69) is 5.32 Å². The third-order valence-electron chi connectivity index (χ3n) is 5.06. The van der Waals surface area contributed by atoms with E-state index in [9.17, 15) is 17.6 Å². The highest BCUT2D eigenvalue weighted by Gasteiger charge is 2.26. The Morgan fingerprint density at radius 2 is 1.62 bits per heavy atom. The van der Waals surface area contributed by atoms with Crippen LogP contribution in [0.25, 0.3) is 0 Å². The quantitative estimate of drug-likeness (QED) is 0.475. The van der Waals surface area contributed by atoms with E-state index in [0.29, 0.717) is 17.1 Å². The molecule has 1 atom stereocenters. The molecule has 0 aliphatic carbocycles. The van der Waals surface area contributed by atoms with Crippen LogP contribution in [0.2, 0.25) is 5.02 Å². The summed E-state index contributed by atoms with van der Waals surface area (Å²) in [6.07, 6.45) is 0.612. The van der Waals surface area contributed by atoms with Crippen molar-refractivity contribution in [2.45, 2.75) is 24.2 Å². The molecule has 0 spiro atoms. The number of carbonyl (C=O) groups excluding carboxylic acids is 1. The second kappa shape index (κ2) is 10.6. The summed E-state index contributed by atoms with van der Waals surface area (Å²) in [4.78, 5) is 12.8. The van der Waals surface area contributed by atoms with Crippen molar-refractivity contribution in [1.82, 2.24) is 5.32 Å². The number of nitrogens with zero attached hydrogens (tertiary/aromatic N) is 1. The van der Waals surface area contributed by atoms with Crippen LogP contribution in [0.3, 0.4) is 0 Å². The number of anilines is 1. The lowest BCUT2D eigenvalue weighted by molar-refractivity contribution is -0.122. The molecule has 0 saturated carbocycles. The average Bonchev–Trinajstić information content (AvgIpc) is 2.79. The number of amides is 1. The Kier molecular flexibility index (Phi) is 7.88. The highest BCUT2D eigenvalue weighted by atomic mass is 35.5. The predicted octanol–water partition coefficient (Wildman–Crippen LogP) is 4.98. The number of rotatable bonds is 9. The molecule has 0 aliphatic rings. The first kappa shape index (κ1) is 23.8. The summed E-state index contributed by atoms with van der Waals surface area (Å²) >= 11 is 5.89. The molecule has 5 nitrogen and oxygen atoms in total. The van der Waals surface area contributed by atoms with Crippen LogP contribution in [0.1, 0.15) is 24.8 Å². The summed E-state index contributed by atoms with van der Waals surface area (Å²) in [6, 6.07) is 20.4. The van der Waals surface area contributed by atoms with Gasteiger partial charge >= 0.3 is 0 Å². The molecule has 32 heavy (non-hydrogen) atoms. The van der Waals surface area contributed by atoms with Crippen molar-refractivity contribution < 1.29 is 17.6 Å². The van der Waals surface area contributed by atoms with Gasteiger partial charge in [-0.1, -0.05) is 48.9 Å². The topological polar surface area (TPSA) is 66.5 Å². The van der Waals surface area contributed by atoms with Crippen molar-refractivity contribution in [2.75, 3.05) is 17.4 Å². The highest BCUT2D eigenvalue weighted by Crippen LogP contribution is 2.25. The second-order valence-corrected chi connectivity index (χ2v) is 9.47. The number of halogens is 2. The number of nitrogens with one attached hydrogen (secondary N) is 1. The normalized spacial score (nSPS) is 12.2. The van der Waals surface area contributed by atoms with Crippen molar-refractivity contribution in [1.29, 1.82) is 0 Å². The van der Waals surface area contributed by atoms with Crippen LogP contribution >= 0.6 is 11.6 Å². The van der Waals surface area contributed by atoms with E-state index in [1.807, 2.05) is 37.3 Å². The number of hydrogen-bond donors (Lipinski definition) is 1. The first-order chi connectivity index (χ1) is 15.3. The molecule has 0 heterocycles. The van der Waals surface area contributed by atoms with Crippen LogP contribution in [0.15, 0.2) is 83.8 Å². The zero-order chi connectivity index (χ0) is 23.1. The lowest BCUT2D eigenvalue weighted by Gasteiger charge is -2.25. The maximum atomic E-state index is 13.4. The SMILES string of the molecule is CCC(C(=O)NCCN(c1ccc(F)cc1)S(=O)(=O)c1ccc(Cl)cc1)c1ccccc1. The maximum absolute atomic E-state index is 13.4. The van der Waals surface area contributed by atoms with Crippen molar-refractivity contribution in [3.63, 3.8) is 0 Å².